The SMILES string of the molecule is CCCCc1nc(Cc2ccc(-c3ccccc3C(=O)O)cc2)n(CCCC)n1. The Hall–Kier alpha value is -2.95. The van der Waals surface area contributed by atoms with Gasteiger partial charge in [-0.05, 0) is 35.6 Å². The first-order valence-electron chi connectivity index (χ1n) is 10.5. The first-order valence-corrected chi connectivity index (χ1v) is 10.5. The number of unbranched alkanes of at least 4 members (excludes halogenated alkanes) is 2. The molecular weight excluding hydrogens is 362 g/mol. The first kappa shape index (κ1) is 20.8. The van der Waals surface area contributed by atoms with Gasteiger partial charge in [0.25, 0.3) is 0 Å². The molecule has 0 saturated carbocycles. The molecule has 0 saturated heterocycles. The van der Waals surface area contributed by atoms with Crippen LogP contribution in [0, 0.1) is 0 Å². The number of rotatable bonds is 10. The Labute approximate surface area is 172 Å². The van der Waals surface area contributed by atoms with Gasteiger partial charge in [0, 0.05) is 19.4 Å². The molecule has 3 aromatic rings. The first-order chi connectivity index (χ1) is 14.1. The zero-order chi connectivity index (χ0) is 20.6. The Morgan fingerprint density at radius 2 is 1.72 bits per heavy atom. The third kappa shape index (κ3) is 5.31. The third-order valence-electron chi connectivity index (χ3n) is 5.05. The van der Waals surface area contributed by atoms with E-state index in [9.17, 15) is 9.90 Å². The zero-order valence-electron chi connectivity index (χ0n) is 17.3. The van der Waals surface area contributed by atoms with E-state index in [4.69, 9.17) is 10.1 Å². The Bertz CT molecular complexity index is 945. The van der Waals surface area contributed by atoms with E-state index in [1.54, 1.807) is 12.1 Å². The summed E-state index contributed by atoms with van der Waals surface area (Å²) in [5.41, 5.74) is 3.11. The van der Waals surface area contributed by atoms with Crippen LogP contribution in [0.2, 0.25) is 0 Å². The van der Waals surface area contributed by atoms with E-state index >= 15 is 0 Å². The van der Waals surface area contributed by atoms with Gasteiger partial charge in [0.15, 0.2) is 5.82 Å². The number of hydrogen-bond donors (Lipinski definition) is 1. The minimum atomic E-state index is -0.909. The van der Waals surface area contributed by atoms with E-state index in [0.29, 0.717) is 5.56 Å². The van der Waals surface area contributed by atoms with Gasteiger partial charge in [0.2, 0.25) is 0 Å². The molecule has 0 atom stereocenters. The van der Waals surface area contributed by atoms with Gasteiger partial charge in [-0.3, -0.25) is 0 Å². The maximum Gasteiger partial charge on any atom is 0.336 e. The lowest BCUT2D eigenvalue weighted by molar-refractivity contribution is 0.0697. The summed E-state index contributed by atoms with van der Waals surface area (Å²) in [4.78, 5) is 16.3. The number of benzene rings is 2. The Morgan fingerprint density at radius 3 is 2.41 bits per heavy atom. The fourth-order valence-electron chi connectivity index (χ4n) is 3.39. The quantitative estimate of drug-likeness (QED) is 0.504. The maximum atomic E-state index is 11.5. The van der Waals surface area contributed by atoms with E-state index in [-0.39, 0.29) is 0 Å². The highest BCUT2D eigenvalue weighted by atomic mass is 16.4. The van der Waals surface area contributed by atoms with Crippen molar-refractivity contribution in [2.75, 3.05) is 0 Å². The standard InChI is InChI=1S/C24H29N3O2/c1-3-5-11-22-25-23(27(26-22)16-6-4-2)17-18-12-14-19(15-13-18)20-9-7-8-10-21(20)24(28)29/h7-10,12-15H,3-6,11,16-17H2,1-2H3,(H,28,29). The number of aryl methyl sites for hydroxylation is 2. The van der Waals surface area contributed by atoms with E-state index in [2.05, 4.69) is 30.7 Å². The fraction of sp³-hybridized carbons (Fsp3) is 0.375. The van der Waals surface area contributed by atoms with Crippen molar-refractivity contribution in [1.29, 1.82) is 0 Å². The summed E-state index contributed by atoms with van der Waals surface area (Å²) >= 11 is 0. The zero-order valence-corrected chi connectivity index (χ0v) is 17.3. The van der Waals surface area contributed by atoms with Crippen LogP contribution in [0.4, 0.5) is 0 Å². The van der Waals surface area contributed by atoms with E-state index in [0.717, 1.165) is 73.4 Å². The van der Waals surface area contributed by atoms with Crippen molar-refractivity contribution in [3.8, 4) is 11.1 Å². The summed E-state index contributed by atoms with van der Waals surface area (Å²) < 4.78 is 2.06. The minimum Gasteiger partial charge on any atom is -0.478 e. The molecule has 152 valence electrons. The van der Waals surface area contributed by atoms with Gasteiger partial charge < -0.3 is 5.11 Å². The van der Waals surface area contributed by atoms with Crippen LogP contribution in [0.3, 0.4) is 0 Å². The monoisotopic (exact) mass is 391 g/mol. The lowest BCUT2D eigenvalue weighted by Crippen LogP contribution is -2.06. The molecule has 1 heterocycles. The van der Waals surface area contributed by atoms with Crippen LogP contribution < -0.4 is 0 Å². The summed E-state index contributed by atoms with van der Waals surface area (Å²) in [7, 11) is 0. The van der Waals surface area contributed by atoms with Crippen molar-refractivity contribution in [3.63, 3.8) is 0 Å². The van der Waals surface area contributed by atoms with Gasteiger partial charge in [-0.15, -0.1) is 0 Å². The van der Waals surface area contributed by atoms with E-state index in [1.165, 1.54) is 0 Å². The Morgan fingerprint density at radius 1 is 1.00 bits per heavy atom. The van der Waals surface area contributed by atoms with Gasteiger partial charge in [-0.25, -0.2) is 14.5 Å². The molecule has 0 fully saturated rings. The van der Waals surface area contributed by atoms with Crippen molar-refractivity contribution >= 4 is 5.97 Å². The molecule has 0 aliphatic rings. The van der Waals surface area contributed by atoms with Crippen LogP contribution in [0.5, 0.6) is 0 Å². The molecule has 0 aliphatic heterocycles. The number of hydrogen-bond acceptors (Lipinski definition) is 3. The average molecular weight is 392 g/mol. The average Bonchev–Trinajstić information content (AvgIpc) is 3.12. The number of carboxylic acids is 1. The highest BCUT2D eigenvalue weighted by Gasteiger charge is 2.13. The second-order valence-corrected chi connectivity index (χ2v) is 7.35. The molecule has 5 nitrogen and oxygen atoms in total. The van der Waals surface area contributed by atoms with Crippen LogP contribution >= 0.6 is 0 Å². The normalized spacial score (nSPS) is 11.0. The molecule has 0 radical (unpaired) electrons. The number of aromatic nitrogens is 3. The van der Waals surface area contributed by atoms with Crippen LogP contribution in [0.1, 0.15) is 67.1 Å². The summed E-state index contributed by atoms with van der Waals surface area (Å²) in [6, 6.07) is 15.2. The van der Waals surface area contributed by atoms with E-state index in [1.807, 2.05) is 24.3 Å². The second-order valence-electron chi connectivity index (χ2n) is 7.35. The molecule has 1 N–H and O–H groups in total. The molecular formula is C24H29N3O2. The molecule has 0 unspecified atom stereocenters. The summed E-state index contributed by atoms with van der Waals surface area (Å²) in [6.07, 6.45) is 6.11. The van der Waals surface area contributed by atoms with Gasteiger partial charge >= 0.3 is 5.97 Å². The lowest BCUT2D eigenvalue weighted by atomic mass is 9.98. The van der Waals surface area contributed by atoms with Crippen molar-refractivity contribution in [3.05, 3.63) is 71.3 Å². The lowest BCUT2D eigenvalue weighted by Gasteiger charge is -2.08. The summed E-state index contributed by atoms with van der Waals surface area (Å²) in [6.45, 7) is 5.26. The van der Waals surface area contributed by atoms with Gasteiger partial charge in [-0.2, -0.15) is 5.10 Å². The molecule has 29 heavy (non-hydrogen) atoms. The van der Waals surface area contributed by atoms with Gasteiger partial charge in [-0.1, -0.05) is 69.2 Å². The number of aromatic carboxylic acids is 1. The van der Waals surface area contributed by atoms with Gasteiger partial charge in [0.05, 0.1) is 5.56 Å². The minimum absolute atomic E-state index is 0.320. The largest absolute Gasteiger partial charge is 0.478 e. The van der Waals surface area contributed by atoms with Crippen molar-refractivity contribution < 1.29 is 9.90 Å². The van der Waals surface area contributed by atoms with Crippen molar-refractivity contribution in [2.24, 2.45) is 0 Å². The van der Waals surface area contributed by atoms with Crippen LogP contribution in [-0.2, 0) is 19.4 Å². The molecule has 5 heteroatoms. The van der Waals surface area contributed by atoms with Gasteiger partial charge in [0.1, 0.15) is 5.82 Å². The molecule has 0 amide bonds. The van der Waals surface area contributed by atoms with Crippen molar-refractivity contribution in [1.82, 2.24) is 14.8 Å². The topological polar surface area (TPSA) is 68.0 Å². The van der Waals surface area contributed by atoms with Crippen LogP contribution in [0.15, 0.2) is 48.5 Å². The van der Waals surface area contributed by atoms with Crippen LogP contribution in [-0.4, -0.2) is 25.8 Å². The molecule has 3 rings (SSSR count). The highest BCUT2D eigenvalue weighted by Crippen LogP contribution is 2.24. The summed E-state index contributed by atoms with van der Waals surface area (Å²) in [5.74, 6) is 1.03. The van der Waals surface area contributed by atoms with Crippen molar-refractivity contribution in [2.45, 2.75) is 58.9 Å². The smallest absolute Gasteiger partial charge is 0.336 e. The predicted molar refractivity (Wildman–Crippen MR) is 115 cm³/mol. The molecule has 0 spiro atoms. The van der Waals surface area contributed by atoms with E-state index < -0.39 is 5.97 Å². The fourth-order valence-corrected chi connectivity index (χ4v) is 3.39. The maximum absolute atomic E-state index is 11.5. The predicted octanol–water partition coefficient (Wildman–Crippen LogP) is 5.38. The molecule has 1 aromatic heterocycles. The molecule has 0 bridgehead atoms. The highest BCUT2D eigenvalue weighted by molar-refractivity contribution is 5.95. The molecule has 2 aromatic carbocycles. The Balaban J connectivity index is 1.81. The number of carbonyl (C=O) groups is 1. The summed E-state index contributed by atoms with van der Waals surface area (Å²) in [5, 5.41) is 14.1. The molecule has 0 aliphatic carbocycles. The third-order valence-corrected chi connectivity index (χ3v) is 5.05. The number of carboxylic acid groups (broad SMARTS) is 1. The van der Waals surface area contributed by atoms with Crippen LogP contribution in [0.25, 0.3) is 11.1 Å². The number of nitrogens with zero attached hydrogens (tertiary/aromatic N) is 3. The Kier molecular flexibility index (Phi) is 7.17. The second kappa shape index (κ2) is 10.0.